The molecule has 0 aliphatic rings. The quantitative estimate of drug-likeness (QED) is 0.617. The van der Waals surface area contributed by atoms with Gasteiger partial charge in [0, 0.05) is 10.7 Å². The summed E-state index contributed by atoms with van der Waals surface area (Å²) in [6, 6.07) is 10.6. The number of nitrogens with one attached hydrogen (secondary N) is 2. The molecule has 0 fully saturated rings. The Morgan fingerprint density at radius 1 is 1.00 bits per heavy atom. The van der Waals surface area contributed by atoms with Crippen molar-refractivity contribution in [3.63, 3.8) is 0 Å². The molecule has 0 spiro atoms. The van der Waals surface area contributed by atoms with Crippen molar-refractivity contribution in [3.05, 3.63) is 53.1 Å². The normalized spacial score (nSPS) is 9.96. The maximum Gasteiger partial charge on any atom is 0.338 e. The van der Waals surface area contributed by atoms with Crippen LogP contribution in [0.1, 0.15) is 17.3 Å². The molecule has 7 nitrogen and oxygen atoms in total. The average Bonchev–Trinajstić information content (AvgIpc) is 2.62. The second-order valence-corrected chi connectivity index (χ2v) is 5.49. The molecule has 2 aromatic rings. The van der Waals surface area contributed by atoms with Crippen molar-refractivity contribution in [1.29, 1.82) is 0 Å². The van der Waals surface area contributed by atoms with Crippen LogP contribution in [0.15, 0.2) is 42.5 Å². The van der Waals surface area contributed by atoms with Gasteiger partial charge in [-0.15, -0.1) is 0 Å². The van der Waals surface area contributed by atoms with E-state index in [2.05, 4.69) is 10.6 Å². The van der Waals surface area contributed by atoms with E-state index in [1.165, 1.54) is 37.4 Å². The highest BCUT2D eigenvalue weighted by Crippen LogP contribution is 2.27. The Hall–Kier alpha value is -3.06. The molecule has 26 heavy (non-hydrogen) atoms. The molecule has 0 bridgehead atoms. The number of anilines is 2. The Morgan fingerprint density at radius 2 is 1.65 bits per heavy atom. The van der Waals surface area contributed by atoms with Crippen molar-refractivity contribution in [2.75, 3.05) is 24.4 Å². The summed E-state index contributed by atoms with van der Waals surface area (Å²) < 4.78 is 9.98. The van der Waals surface area contributed by atoms with E-state index in [0.29, 0.717) is 22.0 Å². The molecule has 0 aromatic heterocycles. The van der Waals surface area contributed by atoms with E-state index in [4.69, 9.17) is 21.1 Å². The molecule has 0 aliphatic heterocycles. The Labute approximate surface area is 155 Å². The number of methoxy groups -OCH3 is 1. The van der Waals surface area contributed by atoms with Gasteiger partial charge in [0.25, 0.3) is 0 Å². The number of ether oxygens (including phenoxy) is 2. The number of carbonyl (C=O) groups excluding carboxylic acids is 3. The minimum Gasteiger partial charge on any atom is -0.495 e. The van der Waals surface area contributed by atoms with Crippen molar-refractivity contribution in [2.45, 2.75) is 6.92 Å². The van der Waals surface area contributed by atoms with Crippen LogP contribution in [-0.2, 0) is 14.3 Å². The second-order valence-electron chi connectivity index (χ2n) is 5.05. The van der Waals surface area contributed by atoms with Gasteiger partial charge in [-0.3, -0.25) is 9.59 Å². The van der Waals surface area contributed by atoms with Crippen LogP contribution in [0.25, 0.3) is 0 Å². The molecule has 0 radical (unpaired) electrons. The van der Waals surface area contributed by atoms with Gasteiger partial charge in [-0.2, -0.15) is 0 Å². The van der Waals surface area contributed by atoms with Crippen LogP contribution in [0.5, 0.6) is 5.75 Å². The zero-order valence-electron chi connectivity index (χ0n) is 14.2. The predicted molar refractivity (Wildman–Crippen MR) is 97.7 cm³/mol. The summed E-state index contributed by atoms with van der Waals surface area (Å²) in [6.45, 7) is 1.98. The largest absolute Gasteiger partial charge is 0.495 e. The number of amides is 2. The molecule has 0 saturated carbocycles. The summed E-state index contributed by atoms with van der Waals surface area (Å²) >= 11 is 5.88. The first kappa shape index (κ1) is 19.3. The van der Waals surface area contributed by atoms with Gasteiger partial charge in [-0.1, -0.05) is 11.6 Å². The fourth-order valence-electron chi connectivity index (χ4n) is 2.05. The number of rotatable bonds is 5. The zero-order chi connectivity index (χ0) is 19.1. The number of hydrogen-bond donors (Lipinski definition) is 2. The number of esters is 1. The smallest absolute Gasteiger partial charge is 0.338 e. The lowest BCUT2D eigenvalue weighted by atomic mass is 10.2. The third-order valence-electron chi connectivity index (χ3n) is 3.27. The van der Waals surface area contributed by atoms with Crippen LogP contribution < -0.4 is 15.4 Å². The van der Waals surface area contributed by atoms with Crippen LogP contribution in [-0.4, -0.2) is 31.5 Å². The standard InChI is InChI=1S/C18H17ClN2O5/c1-3-26-18(24)11-4-7-13(8-5-11)20-16(22)17(23)21-14-10-12(19)6-9-15(14)25-2/h4-10H,3H2,1-2H3,(H,20,22)(H,21,23). The summed E-state index contributed by atoms with van der Waals surface area (Å²) in [6.07, 6.45) is 0. The maximum absolute atomic E-state index is 12.1. The van der Waals surface area contributed by atoms with E-state index in [1.807, 2.05) is 0 Å². The van der Waals surface area contributed by atoms with E-state index in [1.54, 1.807) is 19.1 Å². The molecule has 0 saturated heterocycles. The van der Waals surface area contributed by atoms with Gasteiger partial charge < -0.3 is 20.1 Å². The number of hydrogen-bond acceptors (Lipinski definition) is 5. The second kappa shape index (κ2) is 8.87. The molecule has 0 heterocycles. The van der Waals surface area contributed by atoms with E-state index in [9.17, 15) is 14.4 Å². The fraction of sp³-hybridized carbons (Fsp3) is 0.167. The third-order valence-corrected chi connectivity index (χ3v) is 3.50. The van der Waals surface area contributed by atoms with Crippen LogP contribution >= 0.6 is 11.6 Å². The first-order valence-electron chi connectivity index (χ1n) is 7.67. The third kappa shape index (κ3) is 4.97. The topological polar surface area (TPSA) is 93.7 Å². The Balaban J connectivity index is 2.02. The summed E-state index contributed by atoms with van der Waals surface area (Å²) in [5.41, 5.74) is 0.979. The Morgan fingerprint density at radius 3 is 2.27 bits per heavy atom. The van der Waals surface area contributed by atoms with Crippen molar-refractivity contribution in [1.82, 2.24) is 0 Å². The monoisotopic (exact) mass is 376 g/mol. The van der Waals surface area contributed by atoms with Crippen LogP contribution in [0.3, 0.4) is 0 Å². The molecule has 0 atom stereocenters. The molecule has 0 unspecified atom stereocenters. The molecule has 136 valence electrons. The number of carbonyl (C=O) groups is 3. The highest BCUT2D eigenvalue weighted by Gasteiger charge is 2.17. The lowest BCUT2D eigenvalue weighted by Gasteiger charge is -2.11. The van der Waals surface area contributed by atoms with Crippen LogP contribution in [0, 0.1) is 0 Å². The summed E-state index contributed by atoms with van der Waals surface area (Å²) in [5.74, 6) is -1.86. The van der Waals surface area contributed by atoms with Gasteiger partial charge in [0.2, 0.25) is 0 Å². The fourth-order valence-corrected chi connectivity index (χ4v) is 2.22. The van der Waals surface area contributed by atoms with E-state index in [-0.39, 0.29) is 12.3 Å². The van der Waals surface area contributed by atoms with Crippen molar-refractivity contribution >= 4 is 40.8 Å². The summed E-state index contributed by atoms with van der Waals surface area (Å²) in [5, 5.41) is 5.25. The van der Waals surface area contributed by atoms with Gasteiger partial charge in [0.1, 0.15) is 5.75 Å². The maximum atomic E-state index is 12.1. The lowest BCUT2D eigenvalue weighted by molar-refractivity contribution is -0.133. The number of benzene rings is 2. The minimum atomic E-state index is -0.889. The van der Waals surface area contributed by atoms with Gasteiger partial charge in [0.05, 0.1) is 25.0 Å². The van der Waals surface area contributed by atoms with E-state index in [0.717, 1.165) is 0 Å². The van der Waals surface area contributed by atoms with E-state index >= 15 is 0 Å². The highest BCUT2D eigenvalue weighted by atomic mass is 35.5. The molecule has 2 amide bonds. The first-order valence-corrected chi connectivity index (χ1v) is 8.05. The summed E-state index contributed by atoms with van der Waals surface area (Å²) in [7, 11) is 1.43. The van der Waals surface area contributed by atoms with Crippen molar-refractivity contribution in [2.24, 2.45) is 0 Å². The van der Waals surface area contributed by atoms with Crippen molar-refractivity contribution in [3.8, 4) is 5.75 Å². The molecule has 8 heteroatoms. The lowest BCUT2D eigenvalue weighted by Crippen LogP contribution is -2.29. The van der Waals surface area contributed by atoms with E-state index < -0.39 is 17.8 Å². The van der Waals surface area contributed by atoms with Gasteiger partial charge in [0.15, 0.2) is 0 Å². The Bertz CT molecular complexity index is 821. The van der Waals surface area contributed by atoms with Crippen molar-refractivity contribution < 1.29 is 23.9 Å². The zero-order valence-corrected chi connectivity index (χ0v) is 14.9. The molecule has 2 rings (SSSR count). The SMILES string of the molecule is CCOC(=O)c1ccc(NC(=O)C(=O)Nc2cc(Cl)ccc2OC)cc1. The predicted octanol–water partition coefficient (Wildman–Crippen LogP) is 3.10. The molecule has 2 aromatic carbocycles. The van der Waals surface area contributed by atoms with Gasteiger partial charge in [-0.05, 0) is 49.4 Å². The minimum absolute atomic E-state index is 0.268. The highest BCUT2D eigenvalue weighted by molar-refractivity contribution is 6.44. The van der Waals surface area contributed by atoms with Gasteiger partial charge >= 0.3 is 17.8 Å². The molecular weight excluding hydrogens is 360 g/mol. The van der Waals surface area contributed by atoms with Crippen LogP contribution in [0.4, 0.5) is 11.4 Å². The average molecular weight is 377 g/mol. The molecule has 2 N–H and O–H groups in total. The first-order chi connectivity index (χ1) is 12.4. The van der Waals surface area contributed by atoms with Gasteiger partial charge in [-0.25, -0.2) is 4.79 Å². The van der Waals surface area contributed by atoms with Crippen LogP contribution in [0.2, 0.25) is 5.02 Å². The number of halogens is 1. The molecular formula is C18H17ClN2O5. The molecule has 0 aliphatic carbocycles. The summed E-state index contributed by atoms with van der Waals surface area (Å²) in [4.78, 5) is 35.7. The Kier molecular flexibility index (Phi) is 6.57.